The third-order valence-corrected chi connectivity index (χ3v) is 4.48. The molecular formula is C14H15ClN4OS. The maximum absolute atomic E-state index is 6.06. The van der Waals surface area contributed by atoms with Crippen LogP contribution in [-0.4, -0.2) is 26.6 Å². The highest BCUT2D eigenvalue weighted by Gasteiger charge is 2.20. The van der Waals surface area contributed by atoms with E-state index in [-0.39, 0.29) is 6.04 Å². The number of ether oxygens (including phenoxy) is 1. The lowest BCUT2D eigenvalue weighted by Gasteiger charge is -2.15. The van der Waals surface area contributed by atoms with Gasteiger partial charge in [0.15, 0.2) is 11.2 Å². The predicted molar refractivity (Wildman–Crippen MR) is 84.2 cm³/mol. The van der Waals surface area contributed by atoms with E-state index in [1.807, 2.05) is 0 Å². The molecule has 0 fully saturated rings. The van der Waals surface area contributed by atoms with Crippen LogP contribution >= 0.6 is 22.9 Å². The van der Waals surface area contributed by atoms with Gasteiger partial charge in [-0.15, -0.1) is 22.9 Å². The monoisotopic (exact) mass is 322 g/mol. The number of hydrogen-bond acceptors (Lipinski definition) is 5. The molecule has 1 unspecified atom stereocenters. The zero-order valence-corrected chi connectivity index (χ0v) is 13.4. The lowest BCUT2D eigenvalue weighted by molar-refractivity contribution is 0.401. The highest BCUT2D eigenvalue weighted by Crippen LogP contribution is 2.28. The summed E-state index contributed by atoms with van der Waals surface area (Å²) in [5, 5.41) is 2.09. The first kappa shape index (κ1) is 14.3. The first-order chi connectivity index (χ1) is 10.2. The van der Waals surface area contributed by atoms with E-state index in [4.69, 9.17) is 16.3 Å². The van der Waals surface area contributed by atoms with Gasteiger partial charge in [-0.05, 0) is 18.4 Å². The number of methoxy groups -OCH3 is 1. The smallest absolute Gasteiger partial charge is 0.245 e. The first-order valence-corrected chi connectivity index (χ1v) is 8.00. The topological polar surface area (TPSA) is 52.8 Å². The molecule has 0 aliphatic carbocycles. The summed E-state index contributed by atoms with van der Waals surface area (Å²) in [6.07, 6.45) is 2.41. The van der Waals surface area contributed by atoms with Crippen molar-refractivity contribution >= 4 is 34.1 Å². The van der Waals surface area contributed by atoms with Gasteiger partial charge < -0.3 is 9.30 Å². The number of halogens is 1. The third kappa shape index (κ3) is 2.61. The zero-order valence-electron chi connectivity index (χ0n) is 11.8. The molecule has 0 saturated heterocycles. The Morgan fingerprint density at radius 3 is 2.95 bits per heavy atom. The molecular weight excluding hydrogens is 308 g/mol. The fraction of sp³-hybridized carbons (Fsp3) is 0.357. The van der Waals surface area contributed by atoms with Crippen molar-refractivity contribution in [2.24, 2.45) is 0 Å². The summed E-state index contributed by atoms with van der Waals surface area (Å²) in [6.45, 7) is 2.14. The van der Waals surface area contributed by atoms with E-state index in [0.29, 0.717) is 17.3 Å². The number of fused-ring (bicyclic) bond motifs is 1. The van der Waals surface area contributed by atoms with E-state index < -0.39 is 0 Å². The van der Waals surface area contributed by atoms with Crippen molar-refractivity contribution in [2.75, 3.05) is 7.11 Å². The van der Waals surface area contributed by atoms with Crippen LogP contribution in [-0.2, 0) is 12.3 Å². The molecule has 0 saturated carbocycles. The second-order valence-electron chi connectivity index (χ2n) is 4.72. The van der Waals surface area contributed by atoms with Crippen LogP contribution in [0.2, 0.25) is 0 Å². The number of aromatic nitrogens is 4. The molecule has 0 bridgehead atoms. The molecule has 0 N–H and O–H groups in total. The van der Waals surface area contributed by atoms with Crippen LogP contribution in [0.4, 0.5) is 0 Å². The summed E-state index contributed by atoms with van der Waals surface area (Å²) >= 11 is 7.81. The van der Waals surface area contributed by atoms with Crippen LogP contribution in [0.15, 0.2) is 23.8 Å². The summed E-state index contributed by atoms with van der Waals surface area (Å²) in [5.41, 5.74) is 1.43. The van der Waals surface area contributed by atoms with Crippen LogP contribution in [0, 0.1) is 0 Å². The number of rotatable bonds is 5. The van der Waals surface area contributed by atoms with E-state index >= 15 is 0 Å². The number of thiophene rings is 1. The van der Waals surface area contributed by atoms with Gasteiger partial charge in [-0.25, -0.2) is 9.97 Å². The van der Waals surface area contributed by atoms with Crippen molar-refractivity contribution in [1.82, 2.24) is 19.5 Å². The van der Waals surface area contributed by atoms with Crippen molar-refractivity contribution in [1.29, 1.82) is 0 Å². The van der Waals surface area contributed by atoms with Gasteiger partial charge in [-0.2, -0.15) is 4.98 Å². The zero-order chi connectivity index (χ0) is 14.8. The van der Waals surface area contributed by atoms with Crippen LogP contribution < -0.4 is 4.74 Å². The molecule has 110 valence electrons. The van der Waals surface area contributed by atoms with Crippen LogP contribution in [0.3, 0.4) is 0 Å². The molecule has 0 radical (unpaired) electrons. The minimum atomic E-state index is 0.210. The van der Waals surface area contributed by atoms with Crippen molar-refractivity contribution in [3.8, 4) is 5.88 Å². The van der Waals surface area contributed by atoms with Gasteiger partial charge in [0.05, 0.1) is 13.0 Å². The van der Waals surface area contributed by atoms with E-state index in [9.17, 15) is 0 Å². The third-order valence-electron chi connectivity index (χ3n) is 3.35. The van der Waals surface area contributed by atoms with Crippen LogP contribution in [0.25, 0.3) is 11.2 Å². The van der Waals surface area contributed by atoms with Crippen molar-refractivity contribution in [2.45, 2.75) is 25.3 Å². The number of alkyl halides is 1. The Kier molecular flexibility index (Phi) is 4.07. The molecule has 21 heavy (non-hydrogen) atoms. The highest BCUT2D eigenvalue weighted by molar-refractivity contribution is 7.09. The van der Waals surface area contributed by atoms with Gasteiger partial charge >= 0.3 is 0 Å². The first-order valence-electron chi connectivity index (χ1n) is 6.58. The van der Waals surface area contributed by atoms with Crippen molar-refractivity contribution < 1.29 is 4.74 Å². The Morgan fingerprint density at radius 2 is 2.29 bits per heavy atom. The summed E-state index contributed by atoms with van der Waals surface area (Å²) in [4.78, 5) is 14.3. The molecule has 0 aromatic carbocycles. The Balaban J connectivity index is 2.07. The van der Waals surface area contributed by atoms with Gasteiger partial charge in [0.25, 0.3) is 0 Å². The van der Waals surface area contributed by atoms with Gasteiger partial charge in [-0.1, -0.05) is 6.07 Å². The fourth-order valence-corrected chi connectivity index (χ4v) is 3.47. The van der Waals surface area contributed by atoms with Gasteiger partial charge in [0.2, 0.25) is 5.88 Å². The Bertz CT molecular complexity index is 741. The fourth-order valence-electron chi connectivity index (χ4n) is 2.45. The molecule has 3 aromatic heterocycles. The standard InChI is InChI=1S/C14H15ClN4OS/c1-9(6-10-4-3-5-21-10)19-11(7-15)18-12-13(19)16-8-17-14(12)20-2/h3-5,8-9H,6-7H2,1-2H3. The van der Waals surface area contributed by atoms with Gasteiger partial charge in [0, 0.05) is 17.3 Å². The normalized spacial score (nSPS) is 12.7. The lowest BCUT2D eigenvalue weighted by Crippen LogP contribution is -2.11. The van der Waals surface area contributed by atoms with Gasteiger partial charge in [0.1, 0.15) is 12.2 Å². The maximum Gasteiger partial charge on any atom is 0.245 e. The van der Waals surface area contributed by atoms with E-state index in [2.05, 4.69) is 44.0 Å². The van der Waals surface area contributed by atoms with Crippen LogP contribution in [0.5, 0.6) is 5.88 Å². The van der Waals surface area contributed by atoms with E-state index in [1.165, 1.54) is 11.2 Å². The molecule has 7 heteroatoms. The molecule has 0 amide bonds. The van der Waals surface area contributed by atoms with E-state index in [1.54, 1.807) is 18.4 Å². The molecule has 3 aromatic rings. The summed E-state index contributed by atoms with van der Waals surface area (Å²) < 4.78 is 7.33. The summed E-state index contributed by atoms with van der Waals surface area (Å²) in [7, 11) is 1.58. The number of nitrogens with zero attached hydrogens (tertiary/aromatic N) is 4. The Labute approximate surface area is 131 Å². The molecule has 0 aliphatic heterocycles. The minimum absolute atomic E-state index is 0.210. The lowest BCUT2D eigenvalue weighted by atomic mass is 10.2. The quantitative estimate of drug-likeness (QED) is 0.675. The highest BCUT2D eigenvalue weighted by atomic mass is 35.5. The molecule has 5 nitrogen and oxygen atoms in total. The maximum atomic E-state index is 6.06. The Hall–Kier alpha value is -1.66. The van der Waals surface area contributed by atoms with Crippen molar-refractivity contribution in [3.05, 3.63) is 34.5 Å². The predicted octanol–water partition coefficient (Wildman–Crippen LogP) is 3.44. The SMILES string of the molecule is COc1ncnc2c1nc(CCl)n2C(C)Cc1cccs1. The molecule has 1 atom stereocenters. The molecule has 3 rings (SSSR count). The molecule has 3 heterocycles. The second kappa shape index (κ2) is 5.99. The average molecular weight is 323 g/mol. The summed E-state index contributed by atoms with van der Waals surface area (Å²) in [6, 6.07) is 4.41. The minimum Gasteiger partial charge on any atom is -0.479 e. The second-order valence-corrected chi connectivity index (χ2v) is 6.02. The van der Waals surface area contributed by atoms with E-state index in [0.717, 1.165) is 17.9 Å². The van der Waals surface area contributed by atoms with Crippen molar-refractivity contribution in [3.63, 3.8) is 0 Å². The average Bonchev–Trinajstić information content (AvgIpc) is 3.12. The summed E-state index contributed by atoms with van der Waals surface area (Å²) in [5.74, 6) is 1.59. The number of hydrogen-bond donors (Lipinski definition) is 0. The Morgan fingerprint density at radius 1 is 1.43 bits per heavy atom. The molecule has 0 spiro atoms. The van der Waals surface area contributed by atoms with Gasteiger partial charge in [-0.3, -0.25) is 0 Å². The molecule has 0 aliphatic rings. The largest absolute Gasteiger partial charge is 0.479 e. The number of imidazole rings is 1. The van der Waals surface area contributed by atoms with Crippen LogP contribution in [0.1, 0.15) is 23.7 Å².